The molecule has 0 spiro atoms. The van der Waals surface area contributed by atoms with Gasteiger partial charge in [0.15, 0.2) is 16.5 Å². The summed E-state index contributed by atoms with van der Waals surface area (Å²) in [6.07, 6.45) is 2.66. The van der Waals surface area contributed by atoms with Gasteiger partial charge in [0.05, 0.1) is 13.2 Å². The van der Waals surface area contributed by atoms with E-state index in [1.165, 1.54) is 11.8 Å². The van der Waals surface area contributed by atoms with Crippen molar-refractivity contribution < 1.29 is 19.1 Å². The Morgan fingerprint density at radius 2 is 1.75 bits per heavy atom. The molecular weight excluding hydrogens is 280 g/mol. The third kappa shape index (κ3) is 3.53. The van der Waals surface area contributed by atoms with Gasteiger partial charge in [-0.05, 0) is 26.5 Å². The van der Waals surface area contributed by atoms with Crippen LogP contribution in [0.15, 0.2) is 5.16 Å². The van der Waals surface area contributed by atoms with Crippen molar-refractivity contribution in [1.82, 2.24) is 9.55 Å². The van der Waals surface area contributed by atoms with Crippen molar-refractivity contribution in [2.24, 2.45) is 0 Å². The third-order valence-electron chi connectivity index (χ3n) is 2.50. The molecule has 0 atom stereocenters. The summed E-state index contributed by atoms with van der Waals surface area (Å²) in [5.41, 5.74) is 0.208. The van der Waals surface area contributed by atoms with Crippen molar-refractivity contribution in [1.29, 1.82) is 0 Å². The summed E-state index contributed by atoms with van der Waals surface area (Å²) in [5, 5.41) is 0.609. The van der Waals surface area contributed by atoms with Crippen LogP contribution in [0.3, 0.4) is 0 Å². The molecule has 0 fully saturated rings. The number of rotatable bonds is 7. The zero-order chi connectivity index (χ0) is 15.1. The predicted molar refractivity (Wildman–Crippen MR) is 76.2 cm³/mol. The van der Waals surface area contributed by atoms with E-state index in [2.05, 4.69) is 4.98 Å². The van der Waals surface area contributed by atoms with Crippen LogP contribution in [-0.4, -0.2) is 41.0 Å². The van der Waals surface area contributed by atoms with Crippen LogP contribution in [0.4, 0.5) is 0 Å². The maximum Gasteiger partial charge on any atom is 0.359 e. The zero-order valence-electron chi connectivity index (χ0n) is 12.3. The van der Waals surface area contributed by atoms with Gasteiger partial charge >= 0.3 is 11.9 Å². The first-order valence-electron chi connectivity index (χ1n) is 6.59. The van der Waals surface area contributed by atoms with E-state index in [4.69, 9.17) is 9.47 Å². The molecule has 112 valence electrons. The van der Waals surface area contributed by atoms with Crippen molar-refractivity contribution in [2.75, 3.05) is 19.5 Å². The SMILES string of the molecule is CCCn1c(SC)nc(C(=O)OCC)c1C(=O)OCC. The highest BCUT2D eigenvalue weighted by atomic mass is 32.2. The van der Waals surface area contributed by atoms with Gasteiger partial charge in [0, 0.05) is 6.54 Å². The molecule has 1 rings (SSSR count). The van der Waals surface area contributed by atoms with Gasteiger partial charge in [0.2, 0.25) is 0 Å². The number of imidazole rings is 1. The maximum atomic E-state index is 12.1. The molecule has 1 aromatic heterocycles. The van der Waals surface area contributed by atoms with Crippen molar-refractivity contribution in [3.63, 3.8) is 0 Å². The Morgan fingerprint density at radius 3 is 2.25 bits per heavy atom. The topological polar surface area (TPSA) is 70.4 Å². The van der Waals surface area contributed by atoms with E-state index in [1.807, 2.05) is 13.2 Å². The van der Waals surface area contributed by atoms with E-state index in [0.29, 0.717) is 11.7 Å². The summed E-state index contributed by atoms with van der Waals surface area (Å²) >= 11 is 1.38. The van der Waals surface area contributed by atoms with Gasteiger partial charge in [-0.3, -0.25) is 0 Å². The molecule has 0 amide bonds. The fourth-order valence-electron chi connectivity index (χ4n) is 1.77. The minimum atomic E-state index is -0.597. The Kier molecular flexibility index (Phi) is 6.57. The summed E-state index contributed by atoms with van der Waals surface area (Å²) in [4.78, 5) is 28.3. The first-order valence-corrected chi connectivity index (χ1v) is 7.81. The number of hydrogen-bond donors (Lipinski definition) is 0. The highest BCUT2D eigenvalue weighted by molar-refractivity contribution is 7.98. The summed E-state index contributed by atoms with van der Waals surface area (Å²) in [5.74, 6) is -1.14. The molecule has 0 aliphatic rings. The number of aromatic nitrogens is 2. The van der Waals surface area contributed by atoms with Crippen molar-refractivity contribution >= 4 is 23.7 Å². The molecule has 1 heterocycles. The molecule has 6 nitrogen and oxygen atoms in total. The van der Waals surface area contributed by atoms with E-state index in [1.54, 1.807) is 18.4 Å². The number of nitrogens with zero attached hydrogens (tertiary/aromatic N) is 2. The number of carbonyl (C=O) groups excluding carboxylic acids is 2. The molecule has 0 aliphatic heterocycles. The van der Waals surface area contributed by atoms with Gasteiger partial charge in [-0.15, -0.1) is 0 Å². The van der Waals surface area contributed by atoms with E-state index in [9.17, 15) is 9.59 Å². The van der Waals surface area contributed by atoms with E-state index < -0.39 is 11.9 Å². The van der Waals surface area contributed by atoms with Gasteiger partial charge < -0.3 is 14.0 Å². The number of ether oxygens (including phenoxy) is 2. The summed E-state index contributed by atoms with van der Waals surface area (Å²) < 4.78 is 11.7. The van der Waals surface area contributed by atoms with Crippen LogP contribution in [0, 0.1) is 0 Å². The molecule has 0 aromatic carbocycles. The Hall–Kier alpha value is -1.50. The zero-order valence-corrected chi connectivity index (χ0v) is 13.1. The van der Waals surface area contributed by atoms with Crippen LogP contribution in [-0.2, 0) is 16.0 Å². The first-order chi connectivity index (χ1) is 9.60. The van der Waals surface area contributed by atoms with Gasteiger partial charge in [-0.2, -0.15) is 0 Å². The van der Waals surface area contributed by atoms with Crippen molar-refractivity contribution in [2.45, 2.75) is 38.9 Å². The molecule has 0 N–H and O–H groups in total. The molecule has 0 unspecified atom stereocenters. The molecule has 0 radical (unpaired) electrons. The number of hydrogen-bond acceptors (Lipinski definition) is 6. The normalized spacial score (nSPS) is 10.4. The van der Waals surface area contributed by atoms with Crippen molar-refractivity contribution in [3.8, 4) is 0 Å². The molecular formula is C13H20N2O4S. The van der Waals surface area contributed by atoms with Gasteiger partial charge in [-0.25, -0.2) is 14.6 Å². The number of carbonyl (C=O) groups is 2. The van der Waals surface area contributed by atoms with Gasteiger partial charge in [0.25, 0.3) is 0 Å². The fourth-order valence-corrected chi connectivity index (χ4v) is 2.35. The average Bonchev–Trinajstić information content (AvgIpc) is 2.78. The predicted octanol–water partition coefficient (Wildman–Crippen LogP) is 2.37. The van der Waals surface area contributed by atoms with Crippen molar-refractivity contribution in [3.05, 3.63) is 11.4 Å². The molecule has 1 aromatic rings. The lowest BCUT2D eigenvalue weighted by molar-refractivity contribution is 0.0467. The number of esters is 2. The first kappa shape index (κ1) is 16.6. The van der Waals surface area contributed by atoms with E-state index in [-0.39, 0.29) is 24.6 Å². The molecule has 0 saturated carbocycles. The lowest BCUT2D eigenvalue weighted by Gasteiger charge is -2.09. The second-order valence-electron chi connectivity index (χ2n) is 3.89. The standard InChI is InChI=1S/C13H20N2O4S/c1-5-8-15-10(12(17)19-7-3)9(11(16)18-6-2)14-13(15)20-4/h5-8H2,1-4H3. The third-order valence-corrected chi connectivity index (χ3v) is 3.18. The molecule has 20 heavy (non-hydrogen) atoms. The summed E-state index contributed by atoms with van der Waals surface area (Å²) in [7, 11) is 0. The average molecular weight is 300 g/mol. The maximum absolute atomic E-state index is 12.1. The van der Waals surface area contributed by atoms with E-state index in [0.717, 1.165) is 6.42 Å². The van der Waals surface area contributed by atoms with Crippen LogP contribution in [0.1, 0.15) is 48.2 Å². The monoisotopic (exact) mass is 300 g/mol. The minimum absolute atomic E-state index is 0.0306. The Morgan fingerprint density at radius 1 is 1.15 bits per heavy atom. The Bertz CT molecular complexity index is 485. The molecule has 0 bridgehead atoms. The van der Waals surface area contributed by atoms with Crippen LogP contribution >= 0.6 is 11.8 Å². The van der Waals surface area contributed by atoms with Crippen LogP contribution in [0.2, 0.25) is 0 Å². The lowest BCUT2D eigenvalue weighted by Crippen LogP contribution is -2.18. The summed E-state index contributed by atoms with van der Waals surface area (Å²) in [6.45, 7) is 6.49. The van der Waals surface area contributed by atoms with Crippen LogP contribution in [0.5, 0.6) is 0 Å². The summed E-state index contributed by atoms with van der Waals surface area (Å²) in [6, 6.07) is 0. The fraction of sp³-hybridized carbons (Fsp3) is 0.615. The Balaban J connectivity index is 3.33. The van der Waals surface area contributed by atoms with Gasteiger partial charge in [-0.1, -0.05) is 18.7 Å². The minimum Gasteiger partial charge on any atom is -0.461 e. The second kappa shape index (κ2) is 7.94. The highest BCUT2D eigenvalue weighted by Gasteiger charge is 2.28. The highest BCUT2D eigenvalue weighted by Crippen LogP contribution is 2.22. The van der Waals surface area contributed by atoms with Crippen LogP contribution < -0.4 is 0 Å². The van der Waals surface area contributed by atoms with Crippen LogP contribution in [0.25, 0.3) is 0 Å². The second-order valence-corrected chi connectivity index (χ2v) is 4.66. The quantitative estimate of drug-likeness (QED) is 0.569. The largest absolute Gasteiger partial charge is 0.461 e. The Labute approximate surface area is 122 Å². The van der Waals surface area contributed by atoms with E-state index >= 15 is 0 Å². The smallest absolute Gasteiger partial charge is 0.359 e. The van der Waals surface area contributed by atoms with Gasteiger partial charge in [0.1, 0.15) is 0 Å². The molecule has 7 heteroatoms. The molecule has 0 aliphatic carbocycles. The molecule has 0 saturated heterocycles. The number of thioether (sulfide) groups is 1. The lowest BCUT2D eigenvalue weighted by atomic mass is 10.3.